The van der Waals surface area contributed by atoms with Crippen LogP contribution in [-0.2, 0) is 10.0 Å². The highest BCUT2D eigenvalue weighted by atomic mass is 32.2. The molecule has 1 aliphatic heterocycles. The number of nitrogens with two attached hydrogens (primary N) is 1. The van der Waals surface area contributed by atoms with E-state index in [1.54, 1.807) is 0 Å². The van der Waals surface area contributed by atoms with Gasteiger partial charge in [-0.3, -0.25) is 10.1 Å². The van der Waals surface area contributed by atoms with Crippen molar-refractivity contribution >= 4 is 15.7 Å². The third kappa shape index (κ3) is 2.44. The van der Waals surface area contributed by atoms with E-state index in [4.69, 9.17) is 5.73 Å². The summed E-state index contributed by atoms with van der Waals surface area (Å²) in [5, 5.41) is 10.8. The summed E-state index contributed by atoms with van der Waals surface area (Å²) in [6, 6.07) is 2.62. The molecular weight excluding hydrogens is 277 g/mol. The second-order valence-electron chi connectivity index (χ2n) is 4.26. The van der Waals surface area contributed by atoms with E-state index in [1.807, 2.05) is 0 Å². The van der Waals surface area contributed by atoms with E-state index >= 15 is 0 Å². The summed E-state index contributed by atoms with van der Waals surface area (Å²) in [7, 11) is -4.24. The fraction of sp³-hybridized carbons (Fsp3) is 0.400. The Kier molecular flexibility index (Phi) is 3.52. The zero-order valence-electron chi connectivity index (χ0n) is 9.82. The highest BCUT2D eigenvalue weighted by Crippen LogP contribution is 2.30. The van der Waals surface area contributed by atoms with Gasteiger partial charge in [-0.05, 0) is 12.5 Å². The van der Waals surface area contributed by atoms with Gasteiger partial charge in [-0.1, -0.05) is 6.07 Å². The van der Waals surface area contributed by atoms with Gasteiger partial charge in [0.05, 0.1) is 4.92 Å². The van der Waals surface area contributed by atoms with Gasteiger partial charge in [-0.15, -0.1) is 0 Å². The quantitative estimate of drug-likeness (QED) is 0.642. The molecule has 1 atom stereocenters. The zero-order chi connectivity index (χ0) is 14.2. The third-order valence-corrected chi connectivity index (χ3v) is 4.86. The van der Waals surface area contributed by atoms with Gasteiger partial charge in [0.25, 0.3) is 15.7 Å². The standard InChI is InChI=1S/C10H12FN3O4S/c11-8-2-1-3-9(14(15)16)10(8)19(17,18)13-5-4-7(12)6-13/h1-3,7H,4-6,12H2/t7-/m1/s1. The lowest BCUT2D eigenvalue weighted by Crippen LogP contribution is -2.32. The Labute approximate surface area is 109 Å². The van der Waals surface area contributed by atoms with Gasteiger partial charge in [0.2, 0.25) is 0 Å². The number of nitro benzene ring substituents is 1. The van der Waals surface area contributed by atoms with E-state index < -0.39 is 31.3 Å². The topological polar surface area (TPSA) is 107 Å². The van der Waals surface area contributed by atoms with Crippen LogP contribution in [0.1, 0.15) is 6.42 Å². The molecule has 0 saturated carbocycles. The second-order valence-corrected chi connectivity index (χ2v) is 6.13. The molecule has 0 radical (unpaired) electrons. The molecule has 0 spiro atoms. The van der Waals surface area contributed by atoms with Gasteiger partial charge in [-0.2, -0.15) is 4.31 Å². The summed E-state index contributed by atoms with van der Waals surface area (Å²) in [6.07, 6.45) is 0.446. The highest BCUT2D eigenvalue weighted by molar-refractivity contribution is 7.89. The number of hydrogen-bond acceptors (Lipinski definition) is 5. The van der Waals surface area contributed by atoms with E-state index in [2.05, 4.69) is 0 Å². The third-order valence-electron chi connectivity index (χ3n) is 2.93. The largest absolute Gasteiger partial charge is 0.326 e. The minimum absolute atomic E-state index is 0.0355. The van der Waals surface area contributed by atoms with Gasteiger partial charge >= 0.3 is 0 Å². The summed E-state index contributed by atoms with van der Waals surface area (Å²) in [4.78, 5) is 9.03. The summed E-state index contributed by atoms with van der Waals surface area (Å²) in [5.74, 6) is -1.13. The lowest BCUT2D eigenvalue weighted by molar-refractivity contribution is -0.388. The summed E-state index contributed by atoms with van der Waals surface area (Å²) < 4.78 is 39.2. The smallest absolute Gasteiger partial charge is 0.292 e. The summed E-state index contributed by atoms with van der Waals surface area (Å²) in [5.41, 5.74) is 4.84. The molecule has 0 unspecified atom stereocenters. The Morgan fingerprint density at radius 1 is 1.47 bits per heavy atom. The van der Waals surface area contributed by atoms with E-state index in [-0.39, 0.29) is 19.1 Å². The van der Waals surface area contributed by atoms with E-state index in [0.717, 1.165) is 22.5 Å². The van der Waals surface area contributed by atoms with Crippen molar-refractivity contribution in [2.45, 2.75) is 17.4 Å². The van der Waals surface area contributed by atoms with Crippen molar-refractivity contribution < 1.29 is 17.7 Å². The van der Waals surface area contributed by atoms with Crippen LogP contribution in [0.4, 0.5) is 10.1 Å². The van der Waals surface area contributed by atoms with Gasteiger partial charge in [0.15, 0.2) is 4.90 Å². The minimum atomic E-state index is -4.24. The van der Waals surface area contributed by atoms with Crippen LogP contribution < -0.4 is 5.73 Å². The fourth-order valence-corrected chi connectivity index (χ4v) is 3.71. The Morgan fingerprint density at radius 2 is 2.16 bits per heavy atom. The van der Waals surface area contributed by atoms with Crippen molar-refractivity contribution in [1.29, 1.82) is 0 Å². The molecule has 1 aliphatic rings. The first-order valence-corrected chi connectivity index (χ1v) is 6.96. The maximum Gasteiger partial charge on any atom is 0.292 e. The number of rotatable bonds is 3. The molecule has 2 rings (SSSR count). The van der Waals surface area contributed by atoms with Crippen LogP contribution in [0.15, 0.2) is 23.1 Å². The Balaban J connectivity index is 2.55. The zero-order valence-corrected chi connectivity index (χ0v) is 10.6. The van der Waals surface area contributed by atoms with Crippen LogP contribution in [0, 0.1) is 15.9 Å². The molecule has 0 bridgehead atoms. The van der Waals surface area contributed by atoms with Crippen LogP contribution in [0.3, 0.4) is 0 Å². The maximum atomic E-state index is 13.7. The molecule has 104 valence electrons. The van der Waals surface area contributed by atoms with Crippen LogP contribution >= 0.6 is 0 Å². The Morgan fingerprint density at radius 3 is 2.68 bits per heavy atom. The maximum absolute atomic E-state index is 13.7. The number of nitro groups is 1. The highest BCUT2D eigenvalue weighted by Gasteiger charge is 2.37. The molecule has 1 fully saturated rings. The predicted octanol–water partition coefficient (Wildman–Crippen LogP) is 0.456. The van der Waals surface area contributed by atoms with E-state index in [9.17, 15) is 22.9 Å². The van der Waals surface area contributed by atoms with Crippen molar-refractivity contribution in [3.8, 4) is 0 Å². The van der Waals surface area contributed by atoms with Gasteiger partial charge in [0.1, 0.15) is 5.82 Å². The Hall–Kier alpha value is -1.58. The van der Waals surface area contributed by atoms with Gasteiger partial charge < -0.3 is 5.73 Å². The number of halogens is 1. The average Bonchev–Trinajstić information content (AvgIpc) is 2.75. The molecule has 0 aromatic heterocycles. The van der Waals surface area contributed by atoms with E-state index in [1.165, 1.54) is 0 Å². The molecule has 7 nitrogen and oxygen atoms in total. The number of benzene rings is 1. The van der Waals surface area contributed by atoms with Crippen LogP contribution in [0.25, 0.3) is 0 Å². The first-order valence-electron chi connectivity index (χ1n) is 5.52. The lowest BCUT2D eigenvalue weighted by atomic mass is 10.3. The Bertz CT molecular complexity index is 619. The molecule has 2 N–H and O–H groups in total. The number of nitrogens with zero attached hydrogens (tertiary/aromatic N) is 2. The average molecular weight is 289 g/mol. The first kappa shape index (κ1) is 13.8. The van der Waals surface area contributed by atoms with Crippen LogP contribution in [-0.4, -0.2) is 36.8 Å². The van der Waals surface area contributed by atoms with Crippen molar-refractivity contribution in [2.24, 2.45) is 5.73 Å². The monoisotopic (exact) mass is 289 g/mol. The van der Waals surface area contributed by atoms with Crippen molar-refractivity contribution in [2.75, 3.05) is 13.1 Å². The van der Waals surface area contributed by atoms with Crippen molar-refractivity contribution in [1.82, 2.24) is 4.31 Å². The molecule has 1 aromatic rings. The molecule has 1 heterocycles. The number of hydrogen-bond donors (Lipinski definition) is 1. The van der Waals surface area contributed by atoms with Gasteiger partial charge in [0, 0.05) is 25.2 Å². The lowest BCUT2D eigenvalue weighted by Gasteiger charge is -2.16. The summed E-state index contributed by atoms with van der Waals surface area (Å²) >= 11 is 0. The molecule has 19 heavy (non-hydrogen) atoms. The van der Waals surface area contributed by atoms with Crippen LogP contribution in [0.2, 0.25) is 0 Å². The minimum Gasteiger partial charge on any atom is -0.326 e. The normalized spacial score (nSPS) is 20.6. The van der Waals surface area contributed by atoms with Crippen LogP contribution in [0.5, 0.6) is 0 Å². The summed E-state index contributed by atoms with van der Waals surface area (Å²) in [6.45, 7) is 0.169. The molecular formula is C10H12FN3O4S. The first-order chi connectivity index (χ1) is 8.84. The van der Waals surface area contributed by atoms with Crippen molar-refractivity contribution in [3.63, 3.8) is 0 Å². The molecule has 9 heteroatoms. The molecule has 1 saturated heterocycles. The van der Waals surface area contributed by atoms with Gasteiger partial charge in [-0.25, -0.2) is 12.8 Å². The van der Waals surface area contributed by atoms with E-state index in [0.29, 0.717) is 6.42 Å². The fourth-order valence-electron chi connectivity index (χ4n) is 2.00. The second kappa shape index (κ2) is 4.83. The predicted molar refractivity (Wildman–Crippen MR) is 64.4 cm³/mol. The SMILES string of the molecule is N[C@@H]1CCN(S(=O)(=O)c2c(F)cccc2[N+](=O)[O-])C1. The molecule has 1 aromatic carbocycles. The van der Waals surface area contributed by atoms with Crippen molar-refractivity contribution in [3.05, 3.63) is 34.1 Å². The molecule has 0 amide bonds. The molecule has 0 aliphatic carbocycles. The number of sulfonamides is 1.